The molecule has 1 aliphatic carbocycles. The van der Waals surface area contributed by atoms with Gasteiger partial charge in [-0.15, -0.1) is 0 Å². The number of rotatable bonds is 3. The Bertz CT molecular complexity index is 1070. The molecule has 1 aromatic heterocycles. The molecule has 4 rings (SSSR count). The monoisotopic (exact) mass is 598 g/mol. The number of likely N-dealkylation sites (tertiary alicyclic amines) is 2. The molecule has 0 aromatic carbocycles. The first-order valence-corrected chi connectivity index (χ1v) is 12.6. The van der Waals surface area contributed by atoms with E-state index in [2.05, 4.69) is 21.3 Å². The van der Waals surface area contributed by atoms with Crippen LogP contribution >= 0.6 is 0 Å². The first kappa shape index (κ1) is 33.8. The van der Waals surface area contributed by atoms with E-state index in [1.165, 1.54) is 0 Å². The van der Waals surface area contributed by atoms with E-state index in [4.69, 9.17) is 19.8 Å². The number of fused-ring (bicyclic) bond motifs is 2. The van der Waals surface area contributed by atoms with Gasteiger partial charge in [0.2, 0.25) is 11.8 Å². The van der Waals surface area contributed by atoms with Gasteiger partial charge in [-0.25, -0.2) is 9.59 Å². The largest absolute Gasteiger partial charge is 0.490 e. The average molecular weight is 599 g/mol. The van der Waals surface area contributed by atoms with E-state index in [1.54, 1.807) is 14.0 Å². The number of nitrogens with zero attached hydrogens (tertiary/aromatic N) is 3. The van der Waals surface area contributed by atoms with Crippen molar-refractivity contribution in [1.82, 2.24) is 20.1 Å². The van der Waals surface area contributed by atoms with Gasteiger partial charge < -0.3 is 20.4 Å². The SMILES string of the molecule is CNC(=O)[C@@]12CCC3(CCN(Cc4ccccn4)CC3)[C@@H]1CN(C(C)=O)C2.O=C(O)C(F)(F)F.O=C(O)C(F)(F)F. The molecule has 1 aromatic rings. The third kappa shape index (κ3) is 8.30. The van der Waals surface area contributed by atoms with Crippen LogP contribution in [0.15, 0.2) is 24.4 Å². The van der Waals surface area contributed by atoms with Crippen molar-refractivity contribution in [3.8, 4) is 0 Å². The van der Waals surface area contributed by atoms with Gasteiger partial charge in [0.25, 0.3) is 0 Å². The summed E-state index contributed by atoms with van der Waals surface area (Å²) in [5, 5.41) is 17.1. The van der Waals surface area contributed by atoms with Crippen molar-refractivity contribution >= 4 is 23.8 Å². The summed E-state index contributed by atoms with van der Waals surface area (Å²) < 4.78 is 63.5. The van der Waals surface area contributed by atoms with E-state index in [1.807, 2.05) is 23.2 Å². The number of nitrogens with one attached hydrogen (secondary N) is 1. The standard InChI is InChI=1S/C21H30N4O2.2C2HF3O2/c1-16(26)25-14-18-20(6-7-21(18,15-25)19(27)22-2)8-11-24(12-9-20)13-17-5-3-4-10-23-17;2*3-2(4,5)1(6)7/h3-5,10,18H,6-9,11-15H2,1-2H3,(H,22,27);2*(H,6,7)/t18-,21+;;/m0../s1. The number of hydrogen-bond acceptors (Lipinski definition) is 6. The smallest absolute Gasteiger partial charge is 0.475 e. The van der Waals surface area contributed by atoms with Crippen LogP contribution in [0.5, 0.6) is 0 Å². The van der Waals surface area contributed by atoms with E-state index >= 15 is 0 Å². The Hall–Kier alpha value is -3.43. The molecule has 1 spiro atoms. The van der Waals surface area contributed by atoms with Crippen LogP contribution in [0, 0.1) is 16.7 Å². The highest BCUT2D eigenvalue weighted by Crippen LogP contribution is 2.62. The van der Waals surface area contributed by atoms with Gasteiger partial charge in [0, 0.05) is 39.8 Å². The predicted molar refractivity (Wildman–Crippen MR) is 130 cm³/mol. The molecular weight excluding hydrogens is 566 g/mol. The molecule has 3 heterocycles. The molecule has 2 saturated heterocycles. The van der Waals surface area contributed by atoms with Crippen molar-refractivity contribution in [1.29, 1.82) is 0 Å². The van der Waals surface area contributed by atoms with Crippen LogP contribution in [-0.4, -0.2) is 94.3 Å². The molecule has 3 fully saturated rings. The number of pyridine rings is 1. The molecule has 41 heavy (non-hydrogen) atoms. The Labute approximate surface area is 231 Å². The fourth-order valence-electron chi connectivity index (χ4n) is 5.90. The number of piperidine rings is 1. The van der Waals surface area contributed by atoms with Crippen LogP contribution < -0.4 is 5.32 Å². The molecule has 3 N–H and O–H groups in total. The summed E-state index contributed by atoms with van der Waals surface area (Å²) in [5.41, 5.74) is 0.921. The topological polar surface area (TPSA) is 140 Å². The fraction of sp³-hybridized carbons (Fsp3) is 0.640. The number of hydrogen-bond donors (Lipinski definition) is 3. The lowest BCUT2D eigenvalue weighted by Gasteiger charge is -2.44. The Morgan fingerprint density at radius 2 is 1.51 bits per heavy atom. The summed E-state index contributed by atoms with van der Waals surface area (Å²) in [6.45, 7) is 5.92. The zero-order valence-electron chi connectivity index (χ0n) is 22.4. The van der Waals surface area contributed by atoms with E-state index in [0.717, 1.165) is 57.6 Å². The van der Waals surface area contributed by atoms with E-state index in [-0.39, 0.29) is 28.6 Å². The molecule has 10 nitrogen and oxygen atoms in total. The Morgan fingerprint density at radius 1 is 0.976 bits per heavy atom. The fourth-order valence-corrected chi connectivity index (χ4v) is 5.90. The predicted octanol–water partition coefficient (Wildman–Crippen LogP) is 2.93. The second-order valence-electron chi connectivity index (χ2n) is 10.3. The number of alkyl halides is 6. The molecule has 2 amide bonds. The molecule has 0 bridgehead atoms. The van der Waals surface area contributed by atoms with Gasteiger partial charge in [0.05, 0.1) is 11.1 Å². The van der Waals surface area contributed by atoms with Crippen LogP contribution in [-0.2, 0) is 25.7 Å². The van der Waals surface area contributed by atoms with Crippen LogP contribution in [0.1, 0.15) is 38.3 Å². The van der Waals surface area contributed by atoms with Crippen LogP contribution in [0.25, 0.3) is 0 Å². The van der Waals surface area contributed by atoms with Crippen molar-refractivity contribution < 1.29 is 55.7 Å². The van der Waals surface area contributed by atoms with Crippen molar-refractivity contribution in [2.24, 2.45) is 16.7 Å². The lowest BCUT2D eigenvalue weighted by molar-refractivity contribution is -0.193. The lowest BCUT2D eigenvalue weighted by Crippen LogP contribution is -2.48. The molecule has 230 valence electrons. The van der Waals surface area contributed by atoms with Gasteiger partial charge in [-0.3, -0.25) is 19.5 Å². The maximum Gasteiger partial charge on any atom is 0.490 e. The normalized spacial score (nSPS) is 23.4. The van der Waals surface area contributed by atoms with Gasteiger partial charge in [-0.1, -0.05) is 6.07 Å². The highest BCUT2D eigenvalue weighted by Gasteiger charge is 2.64. The lowest BCUT2D eigenvalue weighted by atomic mass is 9.65. The number of amides is 2. The highest BCUT2D eigenvalue weighted by molar-refractivity contribution is 5.86. The minimum absolute atomic E-state index is 0.0930. The van der Waals surface area contributed by atoms with Gasteiger partial charge in [0.1, 0.15) is 0 Å². The van der Waals surface area contributed by atoms with Gasteiger partial charge >= 0.3 is 24.3 Å². The molecule has 2 aliphatic heterocycles. The molecule has 16 heteroatoms. The Balaban J connectivity index is 0.000000349. The van der Waals surface area contributed by atoms with Crippen molar-refractivity contribution in [3.05, 3.63) is 30.1 Å². The number of carbonyl (C=O) groups excluding carboxylic acids is 2. The summed E-state index contributed by atoms with van der Waals surface area (Å²) in [4.78, 5) is 51.5. The zero-order valence-corrected chi connectivity index (χ0v) is 22.4. The molecule has 3 aliphatic rings. The maximum atomic E-state index is 12.8. The second kappa shape index (κ2) is 13.0. The molecule has 0 unspecified atom stereocenters. The van der Waals surface area contributed by atoms with E-state index in [9.17, 15) is 35.9 Å². The van der Waals surface area contributed by atoms with Crippen molar-refractivity contribution in [2.75, 3.05) is 33.2 Å². The number of aliphatic carboxylic acids is 2. The molecular formula is C25H32F6N4O6. The number of carboxylic acids is 2. The number of carboxylic acid groups (broad SMARTS) is 2. The second-order valence-corrected chi connectivity index (χ2v) is 10.3. The first-order chi connectivity index (χ1) is 18.9. The van der Waals surface area contributed by atoms with Gasteiger partial charge in [-0.2, -0.15) is 26.3 Å². The van der Waals surface area contributed by atoms with Crippen LogP contribution in [0.3, 0.4) is 0 Å². The number of carbonyl (C=O) groups is 4. The third-order valence-corrected chi connectivity index (χ3v) is 7.92. The summed E-state index contributed by atoms with van der Waals surface area (Å²) in [7, 11) is 1.73. The quantitative estimate of drug-likeness (QED) is 0.452. The van der Waals surface area contributed by atoms with Crippen LogP contribution in [0.4, 0.5) is 26.3 Å². The Morgan fingerprint density at radius 3 is 1.93 bits per heavy atom. The van der Waals surface area contributed by atoms with E-state index < -0.39 is 24.3 Å². The molecule has 0 radical (unpaired) electrons. The van der Waals surface area contributed by atoms with Gasteiger partial charge in [0.15, 0.2) is 0 Å². The van der Waals surface area contributed by atoms with Crippen molar-refractivity contribution in [3.63, 3.8) is 0 Å². The summed E-state index contributed by atoms with van der Waals surface area (Å²) in [5.74, 6) is -5.01. The van der Waals surface area contributed by atoms with Gasteiger partial charge in [-0.05, 0) is 62.2 Å². The zero-order chi connectivity index (χ0) is 31.2. The third-order valence-electron chi connectivity index (χ3n) is 7.92. The average Bonchev–Trinajstić information content (AvgIpc) is 3.42. The minimum atomic E-state index is -5.08. The summed E-state index contributed by atoms with van der Waals surface area (Å²) in [6, 6.07) is 6.07. The summed E-state index contributed by atoms with van der Waals surface area (Å²) in [6.07, 6.45) is -4.09. The van der Waals surface area contributed by atoms with Crippen molar-refractivity contribution in [2.45, 2.75) is 51.5 Å². The highest BCUT2D eigenvalue weighted by atomic mass is 19.4. The number of halogens is 6. The summed E-state index contributed by atoms with van der Waals surface area (Å²) >= 11 is 0. The number of aromatic nitrogens is 1. The first-order valence-electron chi connectivity index (χ1n) is 12.6. The minimum Gasteiger partial charge on any atom is -0.475 e. The van der Waals surface area contributed by atoms with E-state index in [0.29, 0.717) is 6.54 Å². The molecule has 1 saturated carbocycles. The molecule has 2 atom stereocenters. The van der Waals surface area contributed by atoms with Crippen LogP contribution in [0.2, 0.25) is 0 Å². The Kier molecular flexibility index (Phi) is 10.7. The maximum absolute atomic E-state index is 12.8.